The van der Waals surface area contributed by atoms with Gasteiger partial charge in [-0.1, -0.05) is 0 Å². The van der Waals surface area contributed by atoms with Crippen molar-refractivity contribution in [2.24, 2.45) is 0 Å². The Labute approximate surface area is 95.4 Å². The molecule has 1 saturated carbocycles. The van der Waals surface area contributed by atoms with E-state index in [0.717, 1.165) is 12.3 Å². The zero-order valence-corrected chi connectivity index (χ0v) is 8.69. The predicted molar refractivity (Wildman–Crippen MR) is 52.8 cm³/mol. The largest absolute Gasteiger partial charge is 0.489 e. The smallest absolute Gasteiger partial charge is 0.404 e. The van der Waals surface area contributed by atoms with Gasteiger partial charge in [-0.3, -0.25) is 0 Å². The lowest BCUT2D eigenvalue weighted by molar-refractivity contribution is 0.0825. The maximum absolute atomic E-state index is 12.8. The molecule has 0 aliphatic heterocycles. The maximum Gasteiger partial charge on any atom is 0.404 e. The Morgan fingerprint density at radius 3 is 2.82 bits per heavy atom. The second kappa shape index (κ2) is 4.52. The zero-order chi connectivity index (χ0) is 12.4. The van der Waals surface area contributed by atoms with Crippen LogP contribution in [0.3, 0.4) is 0 Å². The standard InChI is InChI=1S/C10H10F2N2O3/c11-8-3-7(4-13-9(8)12)17-6-1-5(2-6)14-10(15)16/h3-6,14H,1-2H2,(H,15,16). The number of carbonyl (C=O) groups is 1. The van der Waals surface area contributed by atoms with Crippen molar-refractivity contribution >= 4 is 6.09 Å². The molecule has 2 N–H and O–H groups in total. The number of nitrogens with one attached hydrogen (secondary N) is 1. The number of carboxylic acid groups (broad SMARTS) is 1. The van der Waals surface area contributed by atoms with Crippen LogP contribution in [0.15, 0.2) is 12.3 Å². The van der Waals surface area contributed by atoms with Crippen LogP contribution in [-0.4, -0.2) is 28.3 Å². The minimum Gasteiger partial charge on any atom is -0.489 e. The highest BCUT2D eigenvalue weighted by molar-refractivity contribution is 5.65. The second-order valence-corrected chi connectivity index (χ2v) is 3.80. The van der Waals surface area contributed by atoms with E-state index in [4.69, 9.17) is 9.84 Å². The summed E-state index contributed by atoms with van der Waals surface area (Å²) in [6.45, 7) is 0. The maximum atomic E-state index is 12.8. The first-order valence-electron chi connectivity index (χ1n) is 5.02. The van der Waals surface area contributed by atoms with Gasteiger partial charge in [-0.25, -0.2) is 14.2 Å². The van der Waals surface area contributed by atoms with Crippen LogP contribution in [0, 0.1) is 11.8 Å². The number of nitrogens with zero attached hydrogens (tertiary/aromatic N) is 1. The van der Waals surface area contributed by atoms with E-state index >= 15 is 0 Å². The van der Waals surface area contributed by atoms with Crippen LogP contribution in [-0.2, 0) is 0 Å². The quantitative estimate of drug-likeness (QED) is 0.791. The number of aromatic nitrogens is 1. The molecule has 2 rings (SSSR count). The van der Waals surface area contributed by atoms with E-state index in [1.54, 1.807) is 0 Å². The van der Waals surface area contributed by atoms with Crippen LogP contribution in [0.25, 0.3) is 0 Å². The molecule has 0 aromatic carbocycles. The highest BCUT2D eigenvalue weighted by Gasteiger charge is 2.32. The summed E-state index contributed by atoms with van der Waals surface area (Å²) in [7, 11) is 0. The highest BCUT2D eigenvalue weighted by atomic mass is 19.2. The summed E-state index contributed by atoms with van der Waals surface area (Å²) in [5, 5.41) is 10.7. The van der Waals surface area contributed by atoms with Gasteiger partial charge in [-0.2, -0.15) is 4.39 Å². The van der Waals surface area contributed by atoms with E-state index < -0.39 is 17.9 Å². The number of amides is 1. The summed E-state index contributed by atoms with van der Waals surface area (Å²) in [6, 6.07) is 0.774. The average Bonchev–Trinajstić information content (AvgIpc) is 2.19. The van der Waals surface area contributed by atoms with E-state index in [-0.39, 0.29) is 17.9 Å². The van der Waals surface area contributed by atoms with Gasteiger partial charge in [0.25, 0.3) is 0 Å². The molecule has 1 aliphatic rings. The van der Waals surface area contributed by atoms with Crippen LogP contribution in [0.4, 0.5) is 13.6 Å². The molecule has 17 heavy (non-hydrogen) atoms. The normalized spacial score (nSPS) is 22.7. The van der Waals surface area contributed by atoms with E-state index in [1.165, 1.54) is 0 Å². The fourth-order valence-electron chi connectivity index (χ4n) is 1.61. The van der Waals surface area contributed by atoms with Crippen molar-refractivity contribution in [1.29, 1.82) is 0 Å². The minimum absolute atomic E-state index is 0.141. The molecule has 0 saturated heterocycles. The van der Waals surface area contributed by atoms with Gasteiger partial charge >= 0.3 is 6.09 Å². The van der Waals surface area contributed by atoms with Crippen molar-refractivity contribution in [3.8, 4) is 5.75 Å². The van der Waals surface area contributed by atoms with Gasteiger partial charge in [-0.05, 0) is 0 Å². The second-order valence-electron chi connectivity index (χ2n) is 3.80. The van der Waals surface area contributed by atoms with Crippen LogP contribution in [0.1, 0.15) is 12.8 Å². The van der Waals surface area contributed by atoms with Crippen molar-refractivity contribution < 1.29 is 23.4 Å². The summed E-state index contributed by atoms with van der Waals surface area (Å²) in [6.07, 6.45) is 0.828. The number of hydrogen-bond donors (Lipinski definition) is 2. The molecular weight excluding hydrogens is 234 g/mol. The fraction of sp³-hybridized carbons (Fsp3) is 0.400. The number of pyridine rings is 1. The van der Waals surface area contributed by atoms with Gasteiger partial charge in [0.2, 0.25) is 5.95 Å². The van der Waals surface area contributed by atoms with E-state index in [2.05, 4.69) is 10.3 Å². The van der Waals surface area contributed by atoms with Crippen molar-refractivity contribution in [2.45, 2.75) is 25.0 Å². The van der Waals surface area contributed by atoms with Crippen LogP contribution in [0.2, 0.25) is 0 Å². The highest BCUT2D eigenvalue weighted by Crippen LogP contribution is 2.26. The van der Waals surface area contributed by atoms with Crippen molar-refractivity contribution in [1.82, 2.24) is 10.3 Å². The third kappa shape index (κ3) is 2.80. The summed E-state index contributed by atoms with van der Waals surface area (Å²) in [5.41, 5.74) is 0. The lowest BCUT2D eigenvalue weighted by atomic mass is 9.89. The molecule has 92 valence electrons. The SMILES string of the molecule is O=C(O)NC1CC(Oc2cnc(F)c(F)c2)C1. The lowest BCUT2D eigenvalue weighted by Crippen LogP contribution is -2.48. The zero-order valence-electron chi connectivity index (χ0n) is 8.69. The summed E-state index contributed by atoms with van der Waals surface area (Å²) in [5.74, 6) is -2.10. The lowest BCUT2D eigenvalue weighted by Gasteiger charge is -2.34. The molecule has 7 heteroatoms. The van der Waals surface area contributed by atoms with E-state index in [1.807, 2.05) is 0 Å². The molecule has 0 atom stereocenters. The monoisotopic (exact) mass is 244 g/mol. The molecule has 1 aromatic heterocycles. The molecule has 1 aromatic rings. The van der Waals surface area contributed by atoms with E-state index in [9.17, 15) is 13.6 Å². The van der Waals surface area contributed by atoms with Crippen molar-refractivity contribution in [3.63, 3.8) is 0 Å². The Kier molecular flexibility index (Phi) is 3.08. The number of hydrogen-bond acceptors (Lipinski definition) is 3. The van der Waals surface area contributed by atoms with Gasteiger partial charge in [0.15, 0.2) is 5.82 Å². The molecule has 1 amide bonds. The molecule has 1 heterocycles. The first-order chi connectivity index (χ1) is 8.04. The summed E-state index contributed by atoms with van der Waals surface area (Å²) >= 11 is 0. The molecule has 0 bridgehead atoms. The van der Waals surface area contributed by atoms with Crippen molar-refractivity contribution in [2.75, 3.05) is 0 Å². The Hall–Kier alpha value is -1.92. The van der Waals surface area contributed by atoms with Crippen LogP contribution >= 0.6 is 0 Å². The summed E-state index contributed by atoms with van der Waals surface area (Å²) in [4.78, 5) is 13.5. The first kappa shape index (κ1) is 11.6. The van der Waals surface area contributed by atoms with Crippen molar-refractivity contribution in [3.05, 3.63) is 24.0 Å². The molecule has 0 unspecified atom stereocenters. The fourth-order valence-corrected chi connectivity index (χ4v) is 1.61. The topological polar surface area (TPSA) is 71.5 Å². The molecule has 0 spiro atoms. The minimum atomic E-state index is -1.17. The molecular formula is C10H10F2N2O3. The third-order valence-corrected chi connectivity index (χ3v) is 2.50. The molecule has 1 aliphatic carbocycles. The number of rotatable bonds is 3. The van der Waals surface area contributed by atoms with Gasteiger partial charge in [0.05, 0.1) is 6.20 Å². The van der Waals surface area contributed by atoms with Crippen LogP contribution < -0.4 is 10.1 Å². The third-order valence-electron chi connectivity index (χ3n) is 2.50. The summed E-state index contributed by atoms with van der Waals surface area (Å²) < 4.78 is 30.6. The Morgan fingerprint density at radius 2 is 2.24 bits per heavy atom. The Bertz CT molecular complexity index is 436. The van der Waals surface area contributed by atoms with E-state index in [0.29, 0.717) is 12.8 Å². The van der Waals surface area contributed by atoms with Gasteiger partial charge in [-0.15, -0.1) is 0 Å². The van der Waals surface area contributed by atoms with Gasteiger partial charge in [0, 0.05) is 24.9 Å². The number of halogens is 2. The Balaban J connectivity index is 1.83. The van der Waals surface area contributed by atoms with Gasteiger partial charge in [0.1, 0.15) is 11.9 Å². The first-order valence-corrected chi connectivity index (χ1v) is 5.02. The molecule has 0 radical (unpaired) electrons. The predicted octanol–water partition coefficient (Wildman–Crippen LogP) is 1.54. The van der Waals surface area contributed by atoms with Gasteiger partial charge < -0.3 is 15.2 Å². The molecule has 5 nitrogen and oxygen atoms in total. The molecule has 1 fully saturated rings. The Morgan fingerprint density at radius 1 is 1.53 bits per heavy atom. The number of ether oxygens (including phenoxy) is 1. The average molecular weight is 244 g/mol. The van der Waals surface area contributed by atoms with Crippen LogP contribution in [0.5, 0.6) is 5.75 Å².